The van der Waals surface area contributed by atoms with Crippen LogP contribution in [-0.4, -0.2) is 48.0 Å². The lowest BCUT2D eigenvalue weighted by Crippen LogP contribution is -2.44. The molecule has 136 valence electrons. The third kappa shape index (κ3) is 4.06. The molecular formula is C17H16N2O6S. The van der Waals surface area contributed by atoms with Crippen LogP contribution in [0.4, 0.5) is 5.00 Å². The number of rotatable bonds is 5. The van der Waals surface area contributed by atoms with E-state index in [4.69, 9.17) is 9.47 Å². The van der Waals surface area contributed by atoms with Crippen molar-refractivity contribution in [3.8, 4) is 0 Å². The quantitative estimate of drug-likeness (QED) is 0.451. The summed E-state index contributed by atoms with van der Waals surface area (Å²) in [6.07, 6.45) is -1.11. The maximum absolute atomic E-state index is 12.9. The molecule has 2 heterocycles. The Morgan fingerprint density at radius 3 is 2.46 bits per heavy atom. The SMILES string of the molecule is O=C(O[C@H](C(=O)N1CCOCC1)c1ccccc1)c1ccc([N+](=O)[O-])s1. The number of nitrogens with zero attached hydrogens (tertiary/aromatic N) is 2. The molecule has 0 bridgehead atoms. The summed E-state index contributed by atoms with van der Waals surface area (Å²) in [5, 5.41) is 10.6. The third-order valence-electron chi connectivity index (χ3n) is 3.85. The maximum atomic E-state index is 12.9. The van der Waals surface area contributed by atoms with Gasteiger partial charge in [-0.1, -0.05) is 41.7 Å². The predicted octanol–water partition coefficient (Wildman–Crippen LogP) is 2.41. The fourth-order valence-corrected chi connectivity index (χ4v) is 3.24. The smallest absolute Gasteiger partial charge is 0.349 e. The van der Waals surface area contributed by atoms with Crippen LogP contribution in [0, 0.1) is 10.1 Å². The number of ether oxygens (including phenoxy) is 2. The molecule has 0 aliphatic carbocycles. The van der Waals surface area contributed by atoms with E-state index in [0.717, 1.165) is 0 Å². The molecule has 1 atom stereocenters. The fourth-order valence-electron chi connectivity index (χ4n) is 2.54. The van der Waals surface area contributed by atoms with Gasteiger partial charge in [0.2, 0.25) is 6.10 Å². The van der Waals surface area contributed by atoms with Crippen LogP contribution in [0.25, 0.3) is 0 Å². The zero-order valence-electron chi connectivity index (χ0n) is 13.7. The Hall–Kier alpha value is -2.78. The molecule has 9 heteroatoms. The molecule has 0 spiro atoms. The van der Waals surface area contributed by atoms with Crippen molar-refractivity contribution in [3.63, 3.8) is 0 Å². The minimum atomic E-state index is -1.11. The number of amides is 1. The first-order chi connectivity index (χ1) is 12.6. The highest BCUT2D eigenvalue weighted by molar-refractivity contribution is 7.17. The summed E-state index contributed by atoms with van der Waals surface area (Å²) in [4.78, 5) is 37.2. The van der Waals surface area contributed by atoms with Crippen molar-refractivity contribution in [2.45, 2.75) is 6.10 Å². The first kappa shape index (κ1) is 18.0. The van der Waals surface area contributed by atoms with E-state index >= 15 is 0 Å². The Bertz CT molecular complexity index is 801. The van der Waals surface area contributed by atoms with Crippen LogP contribution in [0.2, 0.25) is 0 Å². The third-order valence-corrected chi connectivity index (χ3v) is 4.86. The van der Waals surface area contributed by atoms with Gasteiger partial charge in [-0.3, -0.25) is 14.9 Å². The molecule has 26 heavy (non-hydrogen) atoms. The van der Waals surface area contributed by atoms with Crippen LogP contribution in [0.5, 0.6) is 0 Å². The van der Waals surface area contributed by atoms with E-state index in [1.165, 1.54) is 12.1 Å². The minimum absolute atomic E-state index is 0.0763. The number of nitro groups is 1. The van der Waals surface area contributed by atoms with Gasteiger partial charge in [0.05, 0.1) is 18.1 Å². The van der Waals surface area contributed by atoms with E-state index in [2.05, 4.69) is 0 Å². The molecule has 1 aliphatic heterocycles. The first-order valence-electron chi connectivity index (χ1n) is 7.93. The van der Waals surface area contributed by atoms with Gasteiger partial charge in [0.25, 0.3) is 5.91 Å². The number of carbonyl (C=O) groups excluding carboxylic acids is 2. The lowest BCUT2D eigenvalue weighted by Gasteiger charge is -2.30. The molecule has 0 unspecified atom stereocenters. The Balaban J connectivity index is 1.82. The lowest BCUT2D eigenvalue weighted by atomic mass is 10.1. The standard InChI is InChI=1S/C17H16N2O6S/c20-16(18-8-10-24-11-9-18)15(12-4-2-1-3-5-12)25-17(21)13-6-7-14(26-13)19(22)23/h1-7,15H,8-11H2/t15-/m0/s1. The fraction of sp³-hybridized carbons (Fsp3) is 0.294. The van der Waals surface area contributed by atoms with Gasteiger partial charge >= 0.3 is 11.0 Å². The first-order valence-corrected chi connectivity index (χ1v) is 8.74. The van der Waals surface area contributed by atoms with Crippen molar-refractivity contribution >= 4 is 28.2 Å². The van der Waals surface area contributed by atoms with Crippen LogP contribution >= 0.6 is 11.3 Å². The zero-order chi connectivity index (χ0) is 18.5. The van der Waals surface area contributed by atoms with Crippen LogP contribution in [0.3, 0.4) is 0 Å². The molecule has 1 aromatic heterocycles. The van der Waals surface area contributed by atoms with E-state index < -0.39 is 17.0 Å². The van der Waals surface area contributed by atoms with E-state index in [1.54, 1.807) is 35.2 Å². The highest BCUT2D eigenvalue weighted by atomic mass is 32.1. The van der Waals surface area contributed by atoms with Gasteiger partial charge in [0.1, 0.15) is 4.88 Å². The number of hydrogen-bond acceptors (Lipinski definition) is 7. The molecule has 1 aliphatic rings. The van der Waals surface area contributed by atoms with Crippen molar-refractivity contribution in [2.75, 3.05) is 26.3 Å². The van der Waals surface area contributed by atoms with Gasteiger partial charge in [0.15, 0.2) is 0 Å². The maximum Gasteiger partial charge on any atom is 0.349 e. The predicted molar refractivity (Wildman–Crippen MR) is 93.0 cm³/mol. The van der Waals surface area contributed by atoms with Gasteiger partial charge in [-0.2, -0.15) is 0 Å². The minimum Gasteiger partial charge on any atom is -0.443 e. The van der Waals surface area contributed by atoms with Gasteiger partial charge in [0, 0.05) is 24.7 Å². The highest BCUT2D eigenvalue weighted by Gasteiger charge is 2.31. The molecule has 1 aromatic carbocycles. The van der Waals surface area contributed by atoms with Crippen LogP contribution in [0.1, 0.15) is 21.3 Å². The molecule has 2 aromatic rings. The Labute approximate surface area is 153 Å². The van der Waals surface area contributed by atoms with E-state index in [-0.39, 0.29) is 15.8 Å². The molecule has 3 rings (SSSR count). The Morgan fingerprint density at radius 1 is 1.15 bits per heavy atom. The zero-order valence-corrected chi connectivity index (χ0v) is 14.5. The van der Waals surface area contributed by atoms with E-state index in [0.29, 0.717) is 43.2 Å². The second kappa shape index (κ2) is 8.07. The normalized spacial score (nSPS) is 15.3. The van der Waals surface area contributed by atoms with Crippen molar-refractivity contribution in [3.05, 3.63) is 63.0 Å². The summed E-state index contributed by atoms with van der Waals surface area (Å²) in [5.74, 6) is -1.10. The summed E-state index contributed by atoms with van der Waals surface area (Å²) in [7, 11) is 0. The van der Waals surface area contributed by atoms with Crippen molar-refractivity contribution in [2.24, 2.45) is 0 Å². The summed E-state index contributed by atoms with van der Waals surface area (Å²) in [5.41, 5.74) is 0.545. The summed E-state index contributed by atoms with van der Waals surface area (Å²) < 4.78 is 10.7. The average Bonchev–Trinajstić information content (AvgIpc) is 3.17. The summed E-state index contributed by atoms with van der Waals surface area (Å²) >= 11 is 0.715. The van der Waals surface area contributed by atoms with Crippen LogP contribution in [0.15, 0.2) is 42.5 Å². The molecule has 1 saturated heterocycles. The average molecular weight is 376 g/mol. The van der Waals surface area contributed by atoms with Gasteiger partial charge in [-0.25, -0.2) is 4.79 Å². The number of esters is 1. The number of hydrogen-bond donors (Lipinski definition) is 0. The number of morpholine rings is 1. The number of carbonyl (C=O) groups is 2. The molecule has 8 nitrogen and oxygen atoms in total. The van der Waals surface area contributed by atoms with Gasteiger partial charge < -0.3 is 14.4 Å². The van der Waals surface area contributed by atoms with Crippen molar-refractivity contribution in [1.82, 2.24) is 4.90 Å². The number of thiophene rings is 1. The summed E-state index contributed by atoms with van der Waals surface area (Å²) in [6, 6.07) is 11.3. The second-order valence-corrected chi connectivity index (χ2v) is 6.59. The van der Waals surface area contributed by atoms with Crippen molar-refractivity contribution < 1.29 is 24.0 Å². The van der Waals surface area contributed by atoms with Crippen LogP contribution in [-0.2, 0) is 14.3 Å². The largest absolute Gasteiger partial charge is 0.443 e. The van der Waals surface area contributed by atoms with Gasteiger partial charge in [-0.15, -0.1) is 0 Å². The van der Waals surface area contributed by atoms with Crippen molar-refractivity contribution in [1.29, 1.82) is 0 Å². The van der Waals surface area contributed by atoms with Crippen LogP contribution < -0.4 is 0 Å². The number of benzene rings is 1. The molecule has 1 amide bonds. The topological polar surface area (TPSA) is 99.0 Å². The second-order valence-electron chi connectivity index (χ2n) is 5.53. The molecule has 0 saturated carbocycles. The highest BCUT2D eigenvalue weighted by Crippen LogP contribution is 2.28. The molecular weight excluding hydrogens is 360 g/mol. The van der Waals surface area contributed by atoms with E-state index in [9.17, 15) is 19.7 Å². The lowest BCUT2D eigenvalue weighted by molar-refractivity contribution is -0.380. The monoisotopic (exact) mass is 376 g/mol. The summed E-state index contributed by atoms with van der Waals surface area (Å²) in [6.45, 7) is 1.70. The Morgan fingerprint density at radius 2 is 1.85 bits per heavy atom. The Kier molecular flexibility index (Phi) is 5.59. The molecule has 1 fully saturated rings. The van der Waals surface area contributed by atoms with Gasteiger partial charge in [-0.05, 0) is 6.07 Å². The molecule has 0 radical (unpaired) electrons. The molecule has 0 N–H and O–H groups in total. The van der Waals surface area contributed by atoms with E-state index in [1.807, 2.05) is 0 Å².